The molecule has 3 atom stereocenters. The van der Waals surface area contributed by atoms with Gasteiger partial charge in [-0.05, 0) is 44.3 Å². The molecule has 1 aliphatic rings. The van der Waals surface area contributed by atoms with Crippen molar-refractivity contribution < 1.29 is 14.3 Å². The average Bonchev–Trinajstić information content (AvgIpc) is 2.40. The number of hydrogen-bond donors (Lipinski definition) is 1. The van der Waals surface area contributed by atoms with Crippen molar-refractivity contribution >= 4 is 8.32 Å². The summed E-state index contributed by atoms with van der Waals surface area (Å²) in [6.45, 7) is 22.1. The predicted molar refractivity (Wildman–Crippen MR) is 100 cm³/mol. The maximum absolute atomic E-state index is 10.6. The van der Waals surface area contributed by atoms with E-state index in [1.54, 1.807) is 0 Å². The fourth-order valence-corrected chi connectivity index (χ4v) is 3.94. The normalized spacial score (nSPS) is 30.3. The Balaban J connectivity index is 2.89. The predicted octanol–water partition coefficient (Wildman–Crippen LogP) is 4.91. The van der Waals surface area contributed by atoms with Gasteiger partial charge >= 0.3 is 0 Å². The molecule has 0 bridgehead atoms. The standard InChI is InChI=1S/C19H38O3Si/c1-10-11-15-12-13-16(20)19(7,22-15)18(5,6)14-21-23(8,9)17(2,3)4/h10,15-16,20H,1,11-14H2,2-9H3/t15-,16?,19-/m1/s1. The van der Waals surface area contributed by atoms with Crippen molar-refractivity contribution in [3.8, 4) is 0 Å². The van der Waals surface area contributed by atoms with Crippen molar-refractivity contribution in [2.75, 3.05) is 6.61 Å². The summed E-state index contributed by atoms with van der Waals surface area (Å²) < 4.78 is 12.8. The van der Waals surface area contributed by atoms with Gasteiger partial charge in [0.2, 0.25) is 0 Å². The van der Waals surface area contributed by atoms with E-state index in [1.165, 1.54) is 0 Å². The van der Waals surface area contributed by atoms with Crippen LogP contribution in [0.1, 0.15) is 60.8 Å². The molecule has 23 heavy (non-hydrogen) atoms. The van der Waals surface area contributed by atoms with Crippen molar-refractivity contribution in [3.63, 3.8) is 0 Å². The second-order valence-corrected chi connectivity index (χ2v) is 14.2. The van der Waals surface area contributed by atoms with Crippen molar-refractivity contribution in [2.24, 2.45) is 5.41 Å². The van der Waals surface area contributed by atoms with Crippen LogP contribution >= 0.6 is 0 Å². The summed E-state index contributed by atoms with van der Waals surface area (Å²) >= 11 is 0. The van der Waals surface area contributed by atoms with Gasteiger partial charge in [-0.2, -0.15) is 0 Å². The Kier molecular flexibility index (Phi) is 6.34. The van der Waals surface area contributed by atoms with Gasteiger partial charge in [0.25, 0.3) is 0 Å². The topological polar surface area (TPSA) is 38.7 Å². The van der Waals surface area contributed by atoms with Crippen LogP contribution in [0.25, 0.3) is 0 Å². The molecule has 0 aromatic heterocycles. The summed E-state index contributed by atoms with van der Waals surface area (Å²) in [6.07, 6.45) is 4.10. The minimum atomic E-state index is -1.82. The number of ether oxygens (including phenoxy) is 1. The van der Waals surface area contributed by atoms with Crippen molar-refractivity contribution in [1.82, 2.24) is 0 Å². The second kappa shape index (κ2) is 6.99. The fraction of sp³-hybridized carbons (Fsp3) is 0.895. The van der Waals surface area contributed by atoms with Gasteiger partial charge in [-0.25, -0.2) is 0 Å². The molecule has 0 aromatic carbocycles. The van der Waals surface area contributed by atoms with Gasteiger partial charge in [0, 0.05) is 12.0 Å². The summed E-state index contributed by atoms with van der Waals surface area (Å²) in [4.78, 5) is 0. The zero-order valence-corrected chi connectivity index (χ0v) is 17.5. The smallest absolute Gasteiger partial charge is 0.192 e. The van der Waals surface area contributed by atoms with Crippen LogP contribution < -0.4 is 0 Å². The van der Waals surface area contributed by atoms with Crippen molar-refractivity contribution in [2.45, 2.75) is 96.7 Å². The van der Waals surface area contributed by atoms with E-state index >= 15 is 0 Å². The Morgan fingerprint density at radius 1 is 1.26 bits per heavy atom. The highest BCUT2D eigenvalue weighted by Crippen LogP contribution is 2.45. The van der Waals surface area contributed by atoms with Gasteiger partial charge in [0.1, 0.15) is 0 Å². The summed E-state index contributed by atoms with van der Waals surface area (Å²) in [5.41, 5.74) is -0.858. The number of aliphatic hydroxyl groups is 1. The van der Waals surface area contributed by atoms with Gasteiger partial charge in [0.05, 0.1) is 17.8 Å². The monoisotopic (exact) mass is 342 g/mol. The molecule has 136 valence electrons. The zero-order chi connectivity index (χ0) is 18.1. The number of rotatable bonds is 6. The maximum Gasteiger partial charge on any atom is 0.192 e. The first-order valence-corrected chi connectivity index (χ1v) is 11.8. The van der Waals surface area contributed by atoms with E-state index in [9.17, 15) is 5.11 Å². The van der Waals surface area contributed by atoms with Crippen LogP contribution in [-0.2, 0) is 9.16 Å². The first kappa shape index (κ1) is 20.9. The van der Waals surface area contributed by atoms with Gasteiger partial charge in [-0.15, -0.1) is 6.58 Å². The van der Waals surface area contributed by atoms with Crippen LogP contribution in [0.5, 0.6) is 0 Å². The Hall–Kier alpha value is -0.163. The lowest BCUT2D eigenvalue weighted by Gasteiger charge is -2.52. The highest BCUT2D eigenvalue weighted by atomic mass is 28.4. The molecule has 0 radical (unpaired) electrons. The van der Waals surface area contributed by atoms with Crippen LogP contribution in [0.15, 0.2) is 12.7 Å². The third-order valence-corrected chi connectivity index (χ3v) is 10.7. The van der Waals surface area contributed by atoms with Crippen LogP contribution in [0.2, 0.25) is 18.1 Å². The third-order valence-electron chi connectivity index (χ3n) is 6.18. The Labute approximate surface area is 144 Å². The van der Waals surface area contributed by atoms with Crippen molar-refractivity contribution in [1.29, 1.82) is 0 Å². The molecule has 1 saturated heterocycles. The van der Waals surface area contributed by atoms with Crippen LogP contribution in [0, 0.1) is 5.41 Å². The Morgan fingerprint density at radius 2 is 1.83 bits per heavy atom. The molecule has 1 aliphatic heterocycles. The largest absolute Gasteiger partial charge is 0.416 e. The average molecular weight is 343 g/mol. The molecule has 0 aromatic rings. The molecule has 1 heterocycles. The molecule has 1 rings (SSSR count). The Morgan fingerprint density at radius 3 is 2.30 bits per heavy atom. The minimum Gasteiger partial charge on any atom is -0.416 e. The summed E-state index contributed by atoms with van der Waals surface area (Å²) in [7, 11) is -1.82. The molecule has 1 unspecified atom stereocenters. The fourth-order valence-electron chi connectivity index (χ4n) is 2.79. The lowest BCUT2D eigenvalue weighted by atomic mass is 9.70. The first-order chi connectivity index (χ1) is 10.3. The number of hydrogen-bond acceptors (Lipinski definition) is 3. The molecule has 0 aliphatic carbocycles. The summed E-state index contributed by atoms with van der Waals surface area (Å²) in [5, 5.41) is 10.8. The molecule has 1 fully saturated rings. The van der Waals surface area contributed by atoms with Crippen LogP contribution in [0.3, 0.4) is 0 Å². The van der Waals surface area contributed by atoms with E-state index in [2.05, 4.69) is 54.3 Å². The van der Waals surface area contributed by atoms with E-state index in [0.717, 1.165) is 19.3 Å². The lowest BCUT2D eigenvalue weighted by molar-refractivity contribution is -0.234. The molecule has 0 spiro atoms. The van der Waals surface area contributed by atoms with Crippen LogP contribution in [-0.4, -0.2) is 37.8 Å². The van der Waals surface area contributed by atoms with Gasteiger partial charge in [0.15, 0.2) is 8.32 Å². The molecular formula is C19H38O3Si. The number of aliphatic hydroxyl groups excluding tert-OH is 1. The lowest BCUT2D eigenvalue weighted by Crippen LogP contribution is -2.60. The molecule has 1 N–H and O–H groups in total. The SMILES string of the molecule is C=CC[C@@H]1CCC(O)[C@](C)(C(C)(C)CO[Si](C)(C)C(C)(C)C)O1. The van der Waals surface area contributed by atoms with Gasteiger partial charge in [-0.1, -0.05) is 40.7 Å². The highest BCUT2D eigenvalue weighted by Gasteiger charge is 2.52. The van der Waals surface area contributed by atoms with E-state index in [-0.39, 0.29) is 16.6 Å². The summed E-state index contributed by atoms with van der Waals surface area (Å²) in [6, 6.07) is 0. The van der Waals surface area contributed by atoms with Crippen molar-refractivity contribution in [3.05, 3.63) is 12.7 Å². The molecule has 4 heteroatoms. The van der Waals surface area contributed by atoms with Gasteiger partial charge in [-0.3, -0.25) is 0 Å². The summed E-state index contributed by atoms with van der Waals surface area (Å²) in [5.74, 6) is 0. The molecule has 0 amide bonds. The van der Waals surface area contributed by atoms with E-state index < -0.39 is 20.0 Å². The molecule has 3 nitrogen and oxygen atoms in total. The quantitative estimate of drug-likeness (QED) is 0.550. The van der Waals surface area contributed by atoms with E-state index in [4.69, 9.17) is 9.16 Å². The maximum atomic E-state index is 10.6. The van der Waals surface area contributed by atoms with Gasteiger partial charge < -0.3 is 14.3 Å². The third kappa shape index (κ3) is 4.47. The zero-order valence-electron chi connectivity index (χ0n) is 16.5. The first-order valence-electron chi connectivity index (χ1n) is 8.87. The van der Waals surface area contributed by atoms with E-state index in [1.807, 2.05) is 13.0 Å². The Bertz CT molecular complexity index is 411. The second-order valence-electron chi connectivity index (χ2n) is 9.40. The highest BCUT2D eigenvalue weighted by molar-refractivity contribution is 6.74. The molecule has 0 saturated carbocycles. The molecular weight excluding hydrogens is 304 g/mol. The van der Waals surface area contributed by atoms with E-state index in [0.29, 0.717) is 6.61 Å². The minimum absolute atomic E-state index is 0.146. The van der Waals surface area contributed by atoms with Crippen LogP contribution in [0.4, 0.5) is 0 Å².